The van der Waals surface area contributed by atoms with Gasteiger partial charge in [-0.05, 0) is 0 Å². The summed E-state index contributed by atoms with van der Waals surface area (Å²) in [7, 11) is 0. The summed E-state index contributed by atoms with van der Waals surface area (Å²) < 4.78 is 0. The average molecular weight is 292 g/mol. The number of hydrogen-bond donors (Lipinski definition) is 0. The number of rotatable bonds is 0. The molecule has 0 aliphatic rings. The van der Waals surface area contributed by atoms with Crippen molar-refractivity contribution in [1.82, 2.24) is 0 Å². The lowest BCUT2D eigenvalue weighted by Gasteiger charge is -0.148. The summed E-state index contributed by atoms with van der Waals surface area (Å²) in [5, 5.41) is 0. The van der Waals surface area contributed by atoms with E-state index in [1.165, 1.54) is 0 Å². The number of halogens is 8. The van der Waals surface area contributed by atoms with Gasteiger partial charge >= 0.3 is 0 Å². The number of hydrogen-bond acceptors (Lipinski definition) is 0. The summed E-state index contributed by atoms with van der Waals surface area (Å²) in [5.41, 5.74) is 0. The van der Waals surface area contributed by atoms with Crippen LogP contribution >= 0.6 is 99.3 Å². The van der Waals surface area contributed by atoms with Gasteiger partial charge in [0.2, 0.25) is 0 Å². The van der Waals surface area contributed by atoms with Gasteiger partial charge in [-0.15, -0.1) is 99.3 Å². The molecule has 8 heavy (non-hydrogen) atoms. The molecule has 0 aromatic heterocycles. The van der Waals surface area contributed by atoms with Crippen molar-refractivity contribution in [2.75, 3.05) is 0 Å². The van der Waals surface area contributed by atoms with Gasteiger partial charge in [0.05, 0.1) is 0 Å². The molecule has 0 spiro atoms. The molecule has 0 unspecified atom stereocenters. The molecule has 8 heteroatoms. The van der Waals surface area contributed by atoms with E-state index in [1.807, 2.05) is 0 Å². The summed E-state index contributed by atoms with van der Waals surface area (Å²) in [5.74, 6) is 0. The van der Waals surface area contributed by atoms with Crippen molar-refractivity contribution in [1.29, 1.82) is 0 Å². The van der Waals surface area contributed by atoms with Crippen molar-refractivity contribution in [3.8, 4) is 0 Å². The summed E-state index contributed by atoms with van der Waals surface area (Å²) in [6.07, 6.45) is 0. The molecule has 0 saturated carbocycles. The van der Waals surface area contributed by atoms with Gasteiger partial charge in [0, 0.05) is 0 Å². The Labute approximate surface area is 98.6 Å². The Morgan fingerprint density at radius 3 is 0.125 bits per heavy atom. The van der Waals surface area contributed by atoms with Crippen molar-refractivity contribution in [3.63, 3.8) is 0 Å². The van der Waals surface area contributed by atoms with Crippen LogP contribution in [0.4, 0.5) is 0 Å². The van der Waals surface area contributed by atoms with Crippen LogP contribution in [0.2, 0.25) is 0 Å². The lowest BCUT2D eigenvalue weighted by atomic mass is 35.5. The highest BCUT2D eigenvalue weighted by molar-refractivity contribution is 5.86. The fourth-order valence-corrected chi connectivity index (χ4v) is 0. The molecule has 0 rings (SSSR count). The van der Waals surface area contributed by atoms with Crippen molar-refractivity contribution in [2.45, 2.75) is 0 Å². The highest BCUT2D eigenvalue weighted by Crippen LogP contribution is 0.697. The molecule has 0 fully saturated rings. The molecule has 0 radical (unpaired) electrons. The van der Waals surface area contributed by atoms with E-state index in [0.29, 0.717) is 0 Å². The maximum Gasteiger partial charge on any atom is -0.147 e. The normalized spacial score (nSPS) is 0. The van der Waals surface area contributed by atoms with E-state index in [2.05, 4.69) is 0 Å². The summed E-state index contributed by atoms with van der Waals surface area (Å²) >= 11 is 0. The molecule has 0 aromatic carbocycles. The Morgan fingerprint density at radius 1 is 0.125 bits per heavy atom. The first-order valence-electron chi connectivity index (χ1n) is 0. The maximum absolute atomic E-state index is 0. The van der Waals surface area contributed by atoms with Crippen LogP contribution in [-0.4, -0.2) is 0 Å². The minimum Gasteiger partial charge on any atom is -0.147 e. The molecule has 0 N–H and O–H groups in total. The van der Waals surface area contributed by atoms with E-state index in [4.69, 9.17) is 0 Å². The zero-order chi connectivity index (χ0) is 0. The molecule has 0 nitrogen and oxygen atoms in total. The van der Waals surface area contributed by atoms with Crippen LogP contribution in [0.25, 0.3) is 0 Å². The monoisotopic (exact) mass is 288 g/mol. The SMILES string of the molecule is Cl.Cl.Cl.Cl.Cl.Cl.Cl.Cl. The van der Waals surface area contributed by atoms with Crippen LogP contribution in [0.15, 0.2) is 0 Å². The fraction of sp³-hybridized carbons (Fsp3) is 0. The smallest absolute Gasteiger partial charge is 0.147 e. The Hall–Kier alpha value is 2.32. The van der Waals surface area contributed by atoms with E-state index >= 15 is 0 Å². The predicted octanol–water partition coefficient (Wildman–Crippen LogP) is 3.37. The lowest BCUT2D eigenvalue weighted by molar-refractivity contribution is 5.85. The minimum atomic E-state index is 0. The Kier molecular flexibility index (Phi) is 2500. The molecule has 0 amide bonds. The molecule has 0 atom stereocenters. The van der Waals surface area contributed by atoms with Gasteiger partial charge in [-0.25, -0.2) is 0 Å². The van der Waals surface area contributed by atoms with Crippen LogP contribution in [0.3, 0.4) is 0 Å². The van der Waals surface area contributed by atoms with Crippen molar-refractivity contribution in [2.24, 2.45) is 0 Å². The first-order chi connectivity index (χ1) is 0. The van der Waals surface area contributed by atoms with Gasteiger partial charge < -0.3 is 0 Å². The highest BCUT2D eigenvalue weighted by Gasteiger charge is -0.140. The summed E-state index contributed by atoms with van der Waals surface area (Å²) in [4.78, 5) is 0. The largest absolute Gasteiger partial charge is 0.147 e. The van der Waals surface area contributed by atoms with Crippen molar-refractivity contribution in [3.05, 3.63) is 0 Å². The lowest BCUT2D eigenvalue weighted by Crippen LogP contribution is 0.688. The first-order valence-corrected chi connectivity index (χ1v) is 0. The van der Waals surface area contributed by atoms with E-state index < -0.39 is 0 Å². The molecular weight excluding hydrogens is 284 g/mol. The Bertz CT molecular complexity index is 0. The second-order valence-corrected chi connectivity index (χ2v) is 0. The molecule has 0 heterocycles. The maximum atomic E-state index is 0. The molecule has 0 saturated heterocycles. The Balaban J connectivity index is 0. The topological polar surface area (TPSA) is 0 Å². The van der Waals surface area contributed by atoms with Gasteiger partial charge in [-0.3, -0.25) is 0 Å². The second kappa shape index (κ2) is 120. The van der Waals surface area contributed by atoms with Crippen molar-refractivity contribution < 1.29 is 0 Å². The van der Waals surface area contributed by atoms with Crippen LogP contribution in [0, 0.1) is 0 Å². The zero-order valence-corrected chi connectivity index (χ0v) is 9.80. The third-order valence-corrected chi connectivity index (χ3v) is 0. The highest BCUT2D eigenvalue weighted by atomic mass is 35.5. The van der Waals surface area contributed by atoms with Crippen LogP contribution < -0.4 is 0 Å². The first kappa shape index (κ1) is 167. The van der Waals surface area contributed by atoms with Gasteiger partial charge in [-0.1, -0.05) is 0 Å². The van der Waals surface area contributed by atoms with Gasteiger partial charge in [-0.2, -0.15) is 0 Å². The average Bonchev–Trinajstić information content (AvgIpc) is 0. The molecule has 0 aliphatic carbocycles. The van der Waals surface area contributed by atoms with Gasteiger partial charge in [0.25, 0.3) is 0 Å². The van der Waals surface area contributed by atoms with E-state index in [-0.39, 0.29) is 99.3 Å². The summed E-state index contributed by atoms with van der Waals surface area (Å²) in [6.45, 7) is 0. The van der Waals surface area contributed by atoms with E-state index in [0.717, 1.165) is 0 Å². The summed E-state index contributed by atoms with van der Waals surface area (Å²) in [6, 6.07) is 0. The van der Waals surface area contributed by atoms with E-state index in [9.17, 15) is 0 Å². The fourth-order valence-electron chi connectivity index (χ4n) is 0. The molecule has 0 bridgehead atoms. The molecule has 0 aliphatic heterocycles. The standard InChI is InChI=1S/8ClH/h8*1H. The van der Waals surface area contributed by atoms with Gasteiger partial charge in [0.15, 0.2) is 0 Å². The quantitative estimate of drug-likeness (QED) is 0.642. The van der Waals surface area contributed by atoms with E-state index in [1.54, 1.807) is 0 Å². The molecule has 0 aromatic rings. The van der Waals surface area contributed by atoms with Gasteiger partial charge in [0.1, 0.15) is 0 Å². The second-order valence-electron chi connectivity index (χ2n) is 0. The predicted molar refractivity (Wildman–Crippen MR) is 58.0 cm³/mol. The van der Waals surface area contributed by atoms with Crippen LogP contribution in [0.5, 0.6) is 0 Å². The van der Waals surface area contributed by atoms with Crippen LogP contribution in [0.1, 0.15) is 0 Å². The third-order valence-electron chi connectivity index (χ3n) is 0. The Morgan fingerprint density at radius 2 is 0.125 bits per heavy atom. The van der Waals surface area contributed by atoms with Crippen LogP contribution in [-0.2, 0) is 0 Å². The zero-order valence-electron chi connectivity index (χ0n) is 3.27. The minimum absolute atomic E-state index is 0. The molecular formula is H8Cl8. The van der Waals surface area contributed by atoms with Crippen molar-refractivity contribution >= 4 is 99.3 Å². The molecule has 64 valence electrons. The third kappa shape index (κ3) is 82.8.